The highest BCUT2D eigenvalue weighted by molar-refractivity contribution is 7.02. The molecular formula is C42H29B2NO2. The molecule has 0 aromatic heterocycles. The third-order valence-corrected chi connectivity index (χ3v) is 9.77. The lowest BCUT2D eigenvalue weighted by Crippen LogP contribution is -2.64. The van der Waals surface area contributed by atoms with Crippen molar-refractivity contribution in [3.63, 3.8) is 0 Å². The first-order valence-electron chi connectivity index (χ1n) is 16.0. The number of nitrogens with zero attached hydrogens (tertiary/aromatic N) is 1. The fraction of sp³-hybridized carbons (Fsp3) is 0. The van der Waals surface area contributed by atoms with Gasteiger partial charge in [-0.3, -0.25) is 0 Å². The van der Waals surface area contributed by atoms with Crippen molar-refractivity contribution >= 4 is 63.3 Å². The van der Waals surface area contributed by atoms with Crippen LogP contribution in [0.2, 0.25) is 0 Å². The van der Waals surface area contributed by atoms with Gasteiger partial charge in [0.15, 0.2) is 0 Å². The summed E-state index contributed by atoms with van der Waals surface area (Å²) in [5, 5.41) is 19.9. The number of phenols is 2. The van der Waals surface area contributed by atoms with E-state index in [1.54, 1.807) is 24.3 Å². The zero-order chi connectivity index (χ0) is 31.5. The molecule has 0 fully saturated rings. The predicted molar refractivity (Wildman–Crippen MR) is 198 cm³/mol. The maximum atomic E-state index is 9.96. The van der Waals surface area contributed by atoms with Crippen LogP contribution >= 0.6 is 0 Å². The first-order valence-corrected chi connectivity index (χ1v) is 16.0. The van der Waals surface area contributed by atoms with Crippen LogP contribution in [0, 0.1) is 0 Å². The molecule has 5 heteroatoms. The molecule has 0 saturated carbocycles. The van der Waals surface area contributed by atoms with E-state index in [0.29, 0.717) is 0 Å². The lowest BCUT2D eigenvalue weighted by molar-refractivity contribution is 0.475. The summed E-state index contributed by atoms with van der Waals surface area (Å²) in [6.45, 7) is 0.0902. The van der Waals surface area contributed by atoms with Crippen molar-refractivity contribution in [2.24, 2.45) is 0 Å². The second-order valence-corrected chi connectivity index (χ2v) is 12.4. The highest BCUT2D eigenvalue weighted by Gasteiger charge is 2.43. The monoisotopic (exact) mass is 601 g/mol. The van der Waals surface area contributed by atoms with Crippen LogP contribution < -0.4 is 37.7 Å². The number of para-hydroxylation sites is 2. The summed E-state index contributed by atoms with van der Waals surface area (Å²) in [5.74, 6) is 0.536. The van der Waals surface area contributed by atoms with Gasteiger partial charge in [0.1, 0.15) is 11.5 Å². The number of benzene rings is 7. The lowest BCUT2D eigenvalue weighted by atomic mass is 9.30. The normalized spacial score (nSPS) is 12.7. The SMILES string of the molecule is Oc1ccc(-c2cccc(B3c4ccccc4N4c5ccc(-c6ccc(O)cc6)cc5B(c5ccccc5)c5cccc3c54)c2)cc1. The number of hydrogen-bond acceptors (Lipinski definition) is 3. The van der Waals surface area contributed by atoms with Gasteiger partial charge in [-0.05, 0) is 80.5 Å². The van der Waals surface area contributed by atoms with Gasteiger partial charge in [-0.1, -0.05) is 138 Å². The van der Waals surface area contributed by atoms with Crippen molar-refractivity contribution in [3.05, 3.63) is 164 Å². The van der Waals surface area contributed by atoms with E-state index in [-0.39, 0.29) is 24.9 Å². The van der Waals surface area contributed by atoms with Crippen molar-refractivity contribution in [2.45, 2.75) is 0 Å². The Morgan fingerprint density at radius 1 is 0.362 bits per heavy atom. The fourth-order valence-corrected chi connectivity index (χ4v) is 7.68. The minimum absolute atomic E-state index is 0.0451. The van der Waals surface area contributed by atoms with E-state index in [0.717, 1.165) is 22.3 Å². The van der Waals surface area contributed by atoms with Gasteiger partial charge in [-0.15, -0.1) is 0 Å². The van der Waals surface area contributed by atoms with Gasteiger partial charge in [0.25, 0.3) is 0 Å². The maximum absolute atomic E-state index is 9.96. The molecule has 0 radical (unpaired) electrons. The highest BCUT2D eigenvalue weighted by atomic mass is 16.3. The van der Waals surface area contributed by atoms with Crippen LogP contribution in [0.3, 0.4) is 0 Å². The number of rotatable bonds is 4. The minimum Gasteiger partial charge on any atom is -0.508 e. The first-order chi connectivity index (χ1) is 23.1. The Bertz CT molecular complexity index is 2260. The number of hydrogen-bond donors (Lipinski definition) is 2. The molecule has 0 unspecified atom stereocenters. The molecule has 0 aliphatic carbocycles. The van der Waals surface area contributed by atoms with E-state index < -0.39 is 0 Å². The zero-order valence-corrected chi connectivity index (χ0v) is 25.6. The summed E-state index contributed by atoms with van der Waals surface area (Å²) in [6, 6.07) is 57.1. The number of fused-ring (bicyclic) bond motifs is 4. The molecule has 2 aliphatic heterocycles. The summed E-state index contributed by atoms with van der Waals surface area (Å²) in [6.07, 6.45) is 0. The summed E-state index contributed by atoms with van der Waals surface area (Å²) >= 11 is 0. The van der Waals surface area contributed by atoms with Crippen molar-refractivity contribution < 1.29 is 10.2 Å². The van der Waals surface area contributed by atoms with Crippen molar-refractivity contribution in [1.82, 2.24) is 0 Å². The number of anilines is 3. The molecule has 0 atom stereocenters. The van der Waals surface area contributed by atoms with Crippen LogP contribution in [0.25, 0.3) is 22.3 Å². The summed E-state index contributed by atoms with van der Waals surface area (Å²) in [5.41, 5.74) is 15.6. The molecule has 9 rings (SSSR count). The van der Waals surface area contributed by atoms with Gasteiger partial charge in [0.2, 0.25) is 13.4 Å². The lowest BCUT2D eigenvalue weighted by Gasteiger charge is -2.44. The standard InChI is InChI=1S/C42H29B2NO2/c46-34-21-16-28(17-22-34)30-8-6-11-33(26-30)44-36-12-4-5-15-40(36)45-41-25-20-31(29-18-23-35(47)24-19-29)27-39(41)43(32-9-2-1-3-10-32)37-13-7-14-38(44)42(37)45/h1-27,46-47H. The van der Waals surface area contributed by atoms with Crippen LogP contribution in [0.1, 0.15) is 0 Å². The second-order valence-electron chi connectivity index (χ2n) is 12.4. The van der Waals surface area contributed by atoms with E-state index in [9.17, 15) is 10.2 Å². The van der Waals surface area contributed by atoms with E-state index in [1.165, 1.54) is 49.8 Å². The summed E-state index contributed by atoms with van der Waals surface area (Å²) < 4.78 is 0. The summed E-state index contributed by atoms with van der Waals surface area (Å²) in [4.78, 5) is 2.48. The predicted octanol–water partition coefficient (Wildman–Crippen LogP) is 5.56. The third kappa shape index (κ3) is 4.46. The van der Waals surface area contributed by atoms with E-state index in [2.05, 4.69) is 120 Å². The Kier molecular flexibility index (Phi) is 6.32. The van der Waals surface area contributed by atoms with Crippen LogP contribution in [0.15, 0.2) is 164 Å². The van der Waals surface area contributed by atoms with E-state index in [1.807, 2.05) is 24.3 Å². The number of aromatic hydroxyl groups is 2. The number of phenolic OH excluding ortho intramolecular Hbond substituents is 2. The zero-order valence-electron chi connectivity index (χ0n) is 25.6. The van der Waals surface area contributed by atoms with Gasteiger partial charge in [0.05, 0.1) is 0 Å². The van der Waals surface area contributed by atoms with Gasteiger partial charge >= 0.3 is 0 Å². The molecule has 0 spiro atoms. The van der Waals surface area contributed by atoms with Crippen LogP contribution in [0.4, 0.5) is 17.1 Å². The fourth-order valence-electron chi connectivity index (χ4n) is 7.68. The Morgan fingerprint density at radius 3 is 1.57 bits per heavy atom. The van der Waals surface area contributed by atoms with Crippen LogP contribution in [-0.4, -0.2) is 23.6 Å². The van der Waals surface area contributed by atoms with Crippen molar-refractivity contribution in [2.75, 3.05) is 4.90 Å². The van der Waals surface area contributed by atoms with E-state index >= 15 is 0 Å². The Labute approximate surface area is 275 Å². The Hall–Kier alpha value is -5.93. The van der Waals surface area contributed by atoms with Gasteiger partial charge in [0, 0.05) is 17.1 Å². The van der Waals surface area contributed by atoms with Crippen LogP contribution in [-0.2, 0) is 0 Å². The molecule has 220 valence electrons. The molecule has 7 aromatic carbocycles. The molecule has 7 aromatic rings. The van der Waals surface area contributed by atoms with Crippen molar-refractivity contribution in [1.29, 1.82) is 0 Å². The smallest absolute Gasteiger partial charge is 0.246 e. The van der Waals surface area contributed by atoms with Gasteiger partial charge in [-0.2, -0.15) is 0 Å². The molecule has 3 nitrogen and oxygen atoms in total. The molecule has 0 bridgehead atoms. The minimum atomic E-state index is 0.0451. The first kappa shape index (κ1) is 27.4. The Balaban J connectivity index is 1.28. The van der Waals surface area contributed by atoms with E-state index in [4.69, 9.17) is 0 Å². The molecule has 47 heavy (non-hydrogen) atoms. The second kappa shape index (κ2) is 10.9. The largest absolute Gasteiger partial charge is 0.508 e. The average molecular weight is 601 g/mol. The molecule has 2 aliphatic rings. The van der Waals surface area contributed by atoms with Gasteiger partial charge in [-0.25, -0.2) is 0 Å². The molecule has 0 amide bonds. The molecule has 2 heterocycles. The van der Waals surface area contributed by atoms with Crippen molar-refractivity contribution in [3.8, 4) is 33.8 Å². The maximum Gasteiger partial charge on any atom is 0.246 e. The molecule has 0 saturated heterocycles. The van der Waals surface area contributed by atoms with Gasteiger partial charge < -0.3 is 15.1 Å². The topological polar surface area (TPSA) is 43.7 Å². The molecule has 2 N–H and O–H groups in total. The average Bonchev–Trinajstić information content (AvgIpc) is 3.12. The third-order valence-electron chi connectivity index (χ3n) is 9.77. The molecular weight excluding hydrogens is 572 g/mol. The van der Waals surface area contributed by atoms with Crippen LogP contribution in [0.5, 0.6) is 11.5 Å². The quantitative estimate of drug-likeness (QED) is 0.260. The highest BCUT2D eigenvalue weighted by Crippen LogP contribution is 2.38. The Morgan fingerprint density at radius 2 is 0.872 bits per heavy atom. The summed E-state index contributed by atoms with van der Waals surface area (Å²) in [7, 11) is 0.